The van der Waals surface area contributed by atoms with Crippen LogP contribution < -0.4 is 5.32 Å². The molecule has 0 spiro atoms. The van der Waals surface area contributed by atoms with E-state index >= 15 is 0 Å². The zero-order chi connectivity index (χ0) is 15.6. The molecule has 0 bridgehead atoms. The highest BCUT2D eigenvalue weighted by atomic mass is 32.1. The molecule has 2 N–H and O–H groups in total. The molecular formula is C14H15N3O3S. The number of thiazole rings is 1. The third-order valence-electron chi connectivity index (χ3n) is 2.91. The Morgan fingerprint density at radius 1 is 1.33 bits per heavy atom. The van der Waals surface area contributed by atoms with Crippen LogP contribution in [0.1, 0.15) is 49.4 Å². The van der Waals surface area contributed by atoms with Crippen molar-refractivity contribution in [3.8, 4) is 0 Å². The molecule has 1 atom stereocenters. The fourth-order valence-corrected chi connectivity index (χ4v) is 2.59. The van der Waals surface area contributed by atoms with E-state index in [-0.39, 0.29) is 23.2 Å². The van der Waals surface area contributed by atoms with Gasteiger partial charge in [-0.2, -0.15) is 0 Å². The summed E-state index contributed by atoms with van der Waals surface area (Å²) in [5.74, 6) is -1.41. The Kier molecular flexibility index (Phi) is 4.32. The molecule has 6 nitrogen and oxygen atoms in total. The van der Waals surface area contributed by atoms with Gasteiger partial charge in [0.1, 0.15) is 10.7 Å². The Balaban J connectivity index is 2.13. The summed E-state index contributed by atoms with van der Waals surface area (Å²) in [5.41, 5.74) is 0.598. The molecule has 0 aliphatic heterocycles. The maximum absolute atomic E-state index is 12.1. The van der Waals surface area contributed by atoms with E-state index in [2.05, 4.69) is 15.3 Å². The lowest BCUT2D eigenvalue weighted by Crippen LogP contribution is -2.27. The number of amides is 1. The Bertz CT molecular complexity index is 697. The molecule has 1 unspecified atom stereocenters. The molecule has 0 aliphatic rings. The van der Waals surface area contributed by atoms with Crippen LogP contribution >= 0.6 is 11.3 Å². The van der Waals surface area contributed by atoms with Crippen molar-refractivity contribution in [2.24, 2.45) is 0 Å². The molecule has 0 aliphatic carbocycles. The summed E-state index contributed by atoms with van der Waals surface area (Å²) in [6, 6.07) is 2.57. The summed E-state index contributed by atoms with van der Waals surface area (Å²) in [5, 5.41) is 12.6. The number of carbonyl (C=O) groups is 2. The number of pyridine rings is 1. The van der Waals surface area contributed by atoms with Crippen LogP contribution in [0.25, 0.3) is 0 Å². The van der Waals surface area contributed by atoms with Crippen molar-refractivity contribution in [2.75, 3.05) is 0 Å². The van der Waals surface area contributed by atoms with Gasteiger partial charge in [-0.05, 0) is 32.9 Å². The number of nitrogens with zero attached hydrogens (tertiary/aromatic N) is 2. The average molecular weight is 305 g/mol. The topological polar surface area (TPSA) is 92.2 Å². The summed E-state index contributed by atoms with van der Waals surface area (Å²) in [4.78, 5) is 32.4. The number of carboxylic acid groups (broad SMARTS) is 1. The first-order valence-corrected chi connectivity index (χ1v) is 7.14. The maximum Gasteiger partial charge on any atom is 0.337 e. The van der Waals surface area contributed by atoms with Gasteiger partial charge in [0.25, 0.3) is 5.91 Å². The number of aryl methyl sites for hydroxylation is 2. The molecule has 0 saturated carbocycles. The second kappa shape index (κ2) is 6.01. The van der Waals surface area contributed by atoms with Crippen molar-refractivity contribution in [1.82, 2.24) is 15.3 Å². The van der Waals surface area contributed by atoms with Gasteiger partial charge in [-0.25, -0.2) is 14.8 Å². The van der Waals surface area contributed by atoms with E-state index < -0.39 is 5.97 Å². The van der Waals surface area contributed by atoms with E-state index in [1.165, 1.54) is 23.5 Å². The van der Waals surface area contributed by atoms with Crippen molar-refractivity contribution in [3.63, 3.8) is 0 Å². The average Bonchev–Trinajstić information content (AvgIpc) is 2.84. The number of carbonyl (C=O) groups excluding carboxylic acids is 1. The molecule has 0 aromatic carbocycles. The van der Waals surface area contributed by atoms with Gasteiger partial charge in [-0.3, -0.25) is 4.79 Å². The predicted octanol–water partition coefficient (Wildman–Crippen LogP) is 2.34. The molecular weight excluding hydrogens is 290 g/mol. The SMILES string of the molecule is Cc1cnc(C(C)NC(=O)c2ccc(C(=O)O)c(C)n2)s1. The van der Waals surface area contributed by atoms with Crippen molar-refractivity contribution >= 4 is 23.2 Å². The highest BCUT2D eigenvalue weighted by Gasteiger charge is 2.17. The fourth-order valence-electron chi connectivity index (χ4n) is 1.82. The summed E-state index contributed by atoms with van der Waals surface area (Å²) >= 11 is 1.52. The monoisotopic (exact) mass is 305 g/mol. The van der Waals surface area contributed by atoms with E-state index in [9.17, 15) is 9.59 Å². The lowest BCUT2D eigenvalue weighted by Gasteiger charge is -2.11. The second-order valence-corrected chi connectivity index (χ2v) is 5.91. The molecule has 2 aromatic rings. The fraction of sp³-hybridized carbons (Fsp3) is 0.286. The third-order valence-corrected chi connectivity index (χ3v) is 4.00. The molecule has 0 radical (unpaired) electrons. The molecule has 2 rings (SSSR count). The van der Waals surface area contributed by atoms with Gasteiger partial charge in [0.15, 0.2) is 0 Å². The van der Waals surface area contributed by atoms with E-state index in [1.54, 1.807) is 13.1 Å². The first-order valence-electron chi connectivity index (χ1n) is 6.32. The van der Waals surface area contributed by atoms with E-state index in [4.69, 9.17) is 5.11 Å². The zero-order valence-electron chi connectivity index (χ0n) is 11.9. The van der Waals surface area contributed by atoms with Crippen molar-refractivity contribution in [1.29, 1.82) is 0 Å². The minimum atomic E-state index is -1.06. The quantitative estimate of drug-likeness (QED) is 0.904. The zero-order valence-corrected chi connectivity index (χ0v) is 12.7. The largest absolute Gasteiger partial charge is 0.478 e. The number of aromatic carboxylic acids is 1. The summed E-state index contributed by atoms with van der Waals surface area (Å²) in [6.45, 7) is 5.35. The highest BCUT2D eigenvalue weighted by molar-refractivity contribution is 7.11. The first kappa shape index (κ1) is 15.1. The van der Waals surface area contributed by atoms with Crippen molar-refractivity contribution in [3.05, 3.63) is 45.2 Å². The van der Waals surface area contributed by atoms with Crippen LogP contribution in [-0.2, 0) is 0 Å². The molecule has 110 valence electrons. The Hall–Kier alpha value is -2.28. The van der Waals surface area contributed by atoms with Crippen LogP contribution in [0.3, 0.4) is 0 Å². The summed E-state index contributed by atoms with van der Waals surface area (Å²) in [6.07, 6.45) is 1.76. The van der Waals surface area contributed by atoms with Crippen LogP contribution in [0.2, 0.25) is 0 Å². The molecule has 1 amide bonds. The van der Waals surface area contributed by atoms with E-state index in [1.807, 2.05) is 13.8 Å². The summed E-state index contributed by atoms with van der Waals surface area (Å²) < 4.78 is 0. The second-order valence-electron chi connectivity index (χ2n) is 4.64. The lowest BCUT2D eigenvalue weighted by atomic mass is 10.2. The molecule has 2 heterocycles. The van der Waals surface area contributed by atoms with Gasteiger partial charge in [-0.15, -0.1) is 11.3 Å². The smallest absolute Gasteiger partial charge is 0.337 e. The molecule has 2 aromatic heterocycles. The van der Waals surface area contributed by atoms with Crippen LogP contribution in [0.5, 0.6) is 0 Å². The van der Waals surface area contributed by atoms with Gasteiger partial charge in [-0.1, -0.05) is 0 Å². The Labute approximate surface area is 125 Å². The van der Waals surface area contributed by atoms with Crippen molar-refractivity contribution in [2.45, 2.75) is 26.8 Å². The number of hydrogen-bond acceptors (Lipinski definition) is 5. The van der Waals surface area contributed by atoms with Crippen LogP contribution in [-0.4, -0.2) is 27.0 Å². The van der Waals surface area contributed by atoms with E-state index in [0.29, 0.717) is 5.69 Å². The van der Waals surface area contributed by atoms with E-state index in [0.717, 1.165) is 9.88 Å². The predicted molar refractivity (Wildman–Crippen MR) is 78.7 cm³/mol. The van der Waals surface area contributed by atoms with Gasteiger partial charge < -0.3 is 10.4 Å². The summed E-state index contributed by atoms with van der Waals surface area (Å²) in [7, 11) is 0. The normalized spacial score (nSPS) is 12.0. The maximum atomic E-state index is 12.1. The minimum absolute atomic E-state index is 0.0927. The Morgan fingerprint density at radius 3 is 2.57 bits per heavy atom. The molecule has 0 fully saturated rings. The first-order chi connectivity index (χ1) is 9.88. The number of nitrogens with one attached hydrogen (secondary N) is 1. The third kappa shape index (κ3) is 3.43. The van der Waals surface area contributed by atoms with Crippen LogP contribution in [0.15, 0.2) is 18.3 Å². The number of carboxylic acids is 1. The number of hydrogen-bond donors (Lipinski definition) is 2. The van der Waals surface area contributed by atoms with Crippen LogP contribution in [0.4, 0.5) is 0 Å². The Morgan fingerprint density at radius 2 is 2.05 bits per heavy atom. The van der Waals surface area contributed by atoms with Gasteiger partial charge in [0, 0.05) is 11.1 Å². The van der Waals surface area contributed by atoms with Crippen LogP contribution in [0, 0.1) is 13.8 Å². The number of aromatic nitrogens is 2. The highest BCUT2D eigenvalue weighted by Crippen LogP contribution is 2.19. The standard InChI is InChI=1S/C14H15N3O3S/c1-7-6-15-13(21-7)9(3)17-12(18)11-5-4-10(14(19)20)8(2)16-11/h4-6,9H,1-3H3,(H,17,18)(H,19,20). The van der Waals surface area contributed by atoms with Gasteiger partial charge >= 0.3 is 5.97 Å². The number of rotatable bonds is 4. The van der Waals surface area contributed by atoms with Gasteiger partial charge in [0.2, 0.25) is 0 Å². The van der Waals surface area contributed by atoms with Gasteiger partial charge in [0.05, 0.1) is 17.3 Å². The molecule has 21 heavy (non-hydrogen) atoms. The minimum Gasteiger partial charge on any atom is -0.478 e. The molecule has 7 heteroatoms. The lowest BCUT2D eigenvalue weighted by molar-refractivity contribution is 0.0694. The van der Waals surface area contributed by atoms with Crippen molar-refractivity contribution < 1.29 is 14.7 Å². The molecule has 0 saturated heterocycles.